The number of fused-ring (bicyclic) bond motifs is 1. The van der Waals surface area contributed by atoms with Gasteiger partial charge in [-0.25, -0.2) is 8.42 Å². The van der Waals surface area contributed by atoms with Crippen LogP contribution in [-0.2, 0) is 22.6 Å². The van der Waals surface area contributed by atoms with Crippen molar-refractivity contribution in [1.82, 2.24) is 0 Å². The quantitative estimate of drug-likeness (QED) is 0.578. The number of nitrogens with one attached hydrogen (secondary N) is 1. The van der Waals surface area contributed by atoms with E-state index < -0.39 is 27.7 Å². The number of amides is 1. The molecule has 2 aromatic carbocycles. The zero-order valence-electron chi connectivity index (χ0n) is 16.0. The van der Waals surface area contributed by atoms with E-state index in [2.05, 4.69) is 5.32 Å². The number of carbonyl (C=O) groups is 1. The maximum absolute atomic E-state index is 12.9. The Hall–Kier alpha value is -2.85. The van der Waals surface area contributed by atoms with Crippen LogP contribution in [0.25, 0.3) is 0 Å². The molecule has 1 amide bonds. The molecular formula is C21H17F3N2O3S2. The van der Waals surface area contributed by atoms with Crippen LogP contribution in [0.3, 0.4) is 0 Å². The largest absolute Gasteiger partial charge is 0.416 e. The minimum Gasteiger partial charge on any atom is -0.322 e. The van der Waals surface area contributed by atoms with Gasteiger partial charge in [0.25, 0.3) is 15.9 Å². The van der Waals surface area contributed by atoms with Gasteiger partial charge in [0.2, 0.25) is 0 Å². The van der Waals surface area contributed by atoms with Crippen molar-refractivity contribution < 1.29 is 26.4 Å². The van der Waals surface area contributed by atoms with Gasteiger partial charge in [0.15, 0.2) is 0 Å². The average molecular weight is 467 g/mol. The van der Waals surface area contributed by atoms with Gasteiger partial charge in [-0.2, -0.15) is 13.2 Å². The Balaban J connectivity index is 1.59. The van der Waals surface area contributed by atoms with Gasteiger partial charge < -0.3 is 5.32 Å². The van der Waals surface area contributed by atoms with Gasteiger partial charge >= 0.3 is 6.18 Å². The third kappa shape index (κ3) is 4.31. The van der Waals surface area contributed by atoms with E-state index in [1.165, 1.54) is 16.4 Å². The molecule has 0 saturated carbocycles. The molecule has 1 aromatic heterocycles. The highest BCUT2D eigenvalue weighted by atomic mass is 32.2. The number of nitrogens with zero attached hydrogens (tertiary/aromatic N) is 1. The van der Waals surface area contributed by atoms with Crippen molar-refractivity contribution in [3.63, 3.8) is 0 Å². The summed E-state index contributed by atoms with van der Waals surface area (Å²) in [6.07, 6.45) is -3.30. The molecular weight excluding hydrogens is 449 g/mol. The Bertz CT molecular complexity index is 1220. The van der Waals surface area contributed by atoms with Crippen molar-refractivity contribution in [2.75, 3.05) is 16.2 Å². The van der Waals surface area contributed by atoms with Crippen molar-refractivity contribution in [2.24, 2.45) is 0 Å². The highest BCUT2D eigenvalue weighted by molar-refractivity contribution is 7.94. The zero-order valence-corrected chi connectivity index (χ0v) is 17.7. The van der Waals surface area contributed by atoms with Gasteiger partial charge in [0, 0.05) is 17.8 Å². The van der Waals surface area contributed by atoms with Crippen molar-refractivity contribution in [1.29, 1.82) is 0 Å². The van der Waals surface area contributed by atoms with Gasteiger partial charge in [-0.05, 0) is 66.2 Å². The molecule has 0 atom stereocenters. The molecule has 1 N–H and O–H groups in total. The van der Waals surface area contributed by atoms with Crippen molar-refractivity contribution in [3.05, 3.63) is 76.7 Å². The fourth-order valence-electron chi connectivity index (χ4n) is 3.45. The van der Waals surface area contributed by atoms with Crippen LogP contribution in [0.15, 0.2) is 64.2 Å². The minimum atomic E-state index is -4.54. The van der Waals surface area contributed by atoms with E-state index >= 15 is 0 Å². The van der Waals surface area contributed by atoms with Crippen LogP contribution < -0.4 is 9.62 Å². The molecule has 3 aromatic rings. The smallest absolute Gasteiger partial charge is 0.322 e. The summed E-state index contributed by atoms with van der Waals surface area (Å²) >= 11 is 1.14. The van der Waals surface area contributed by atoms with Crippen LogP contribution >= 0.6 is 11.3 Å². The second kappa shape index (κ2) is 8.01. The van der Waals surface area contributed by atoms with Gasteiger partial charge in [-0.15, -0.1) is 11.3 Å². The average Bonchev–Trinajstić information content (AvgIpc) is 3.28. The maximum Gasteiger partial charge on any atom is 0.416 e. The Labute approximate surface area is 181 Å². The summed E-state index contributed by atoms with van der Waals surface area (Å²) in [4.78, 5) is 12.5. The predicted molar refractivity (Wildman–Crippen MR) is 113 cm³/mol. The molecule has 162 valence electrons. The molecule has 4 rings (SSSR count). The third-order valence-electron chi connectivity index (χ3n) is 4.90. The van der Waals surface area contributed by atoms with Crippen molar-refractivity contribution in [2.45, 2.75) is 23.2 Å². The second-order valence-electron chi connectivity index (χ2n) is 6.99. The van der Waals surface area contributed by atoms with E-state index in [1.54, 1.807) is 35.7 Å². The summed E-state index contributed by atoms with van der Waals surface area (Å²) in [5, 5.41) is 4.29. The predicted octanol–water partition coefficient (Wildman–Crippen LogP) is 5.16. The molecule has 1 aliphatic rings. The molecule has 1 aliphatic heterocycles. The monoisotopic (exact) mass is 466 g/mol. The molecule has 0 fully saturated rings. The summed E-state index contributed by atoms with van der Waals surface area (Å²) in [6.45, 7) is 0.350. The molecule has 0 radical (unpaired) electrons. The number of hydrogen-bond donors (Lipinski definition) is 1. The van der Waals surface area contributed by atoms with Crippen LogP contribution in [0.5, 0.6) is 0 Å². The van der Waals surface area contributed by atoms with E-state index in [0.717, 1.165) is 29.0 Å². The Morgan fingerprint density at radius 3 is 2.58 bits per heavy atom. The molecule has 10 heteroatoms. The van der Waals surface area contributed by atoms with Crippen molar-refractivity contribution in [3.8, 4) is 0 Å². The summed E-state index contributed by atoms with van der Waals surface area (Å²) < 4.78 is 66.2. The number of aryl methyl sites for hydroxylation is 1. The van der Waals surface area contributed by atoms with Crippen LogP contribution in [0.2, 0.25) is 0 Å². The number of anilines is 2. The maximum atomic E-state index is 12.9. The van der Waals surface area contributed by atoms with Gasteiger partial charge in [0.1, 0.15) is 4.21 Å². The van der Waals surface area contributed by atoms with Gasteiger partial charge in [-0.3, -0.25) is 9.10 Å². The fourth-order valence-corrected chi connectivity index (χ4v) is 6.09. The molecule has 5 nitrogen and oxygen atoms in total. The first kappa shape index (κ1) is 21.4. The zero-order chi connectivity index (χ0) is 22.2. The molecule has 31 heavy (non-hydrogen) atoms. The first-order valence-corrected chi connectivity index (χ1v) is 11.7. The van der Waals surface area contributed by atoms with Crippen LogP contribution in [-0.4, -0.2) is 20.9 Å². The normalized spacial score (nSPS) is 14.2. The van der Waals surface area contributed by atoms with E-state index in [9.17, 15) is 26.4 Å². The number of alkyl halides is 3. The summed E-state index contributed by atoms with van der Waals surface area (Å²) in [5.41, 5.74) is 0.649. The number of halogens is 3. The topological polar surface area (TPSA) is 66.5 Å². The van der Waals surface area contributed by atoms with Crippen LogP contribution in [0, 0.1) is 0 Å². The fraction of sp³-hybridized carbons (Fsp3) is 0.190. The lowest BCUT2D eigenvalue weighted by Crippen LogP contribution is -2.35. The first-order chi connectivity index (χ1) is 14.7. The van der Waals surface area contributed by atoms with Gasteiger partial charge in [-0.1, -0.05) is 12.1 Å². The van der Waals surface area contributed by atoms with Crippen LogP contribution in [0.4, 0.5) is 24.5 Å². The Kier molecular flexibility index (Phi) is 5.52. The second-order valence-corrected chi connectivity index (χ2v) is 10.0. The molecule has 0 spiro atoms. The number of rotatable bonds is 4. The Morgan fingerprint density at radius 1 is 1.06 bits per heavy atom. The highest BCUT2D eigenvalue weighted by Crippen LogP contribution is 2.35. The Morgan fingerprint density at radius 2 is 1.87 bits per heavy atom. The lowest BCUT2D eigenvalue weighted by Gasteiger charge is -2.30. The van der Waals surface area contributed by atoms with E-state index in [4.69, 9.17) is 0 Å². The summed E-state index contributed by atoms with van der Waals surface area (Å²) in [5.74, 6) is -0.676. The van der Waals surface area contributed by atoms with E-state index in [-0.39, 0.29) is 9.77 Å². The highest BCUT2D eigenvalue weighted by Gasteiger charge is 2.31. The first-order valence-electron chi connectivity index (χ1n) is 9.34. The van der Waals surface area contributed by atoms with E-state index in [0.29, 0.717) is 30.8 Å². The number of benzene rings is 2. The SMILES string of the molecule is O=C(Nc1ccc2c(c1)CCCN2S(=O)(=O)c1cccs1)c1cccc(C(F)(F)F)c1. The van der Waals surface area contributed by atoms with E-state index in [1.807, 2.05) is 0 Å². The molecule has 0 saturated heterocycles. The molecule has 0 aliphatic carbocycles. The summed E-state index contributed by atoms with van der Waals surface area (Å²) in [7, 11) is -3.67. The number of carbonyl (C=O) groups excluding carboxylic acids is 1. The molecule has 2 heterocycles. The number of thiophene rings is 1. The third-order valence-corrected chi connectivity index (χ3v) is 8.09. The number of hydrogen-bond acceptors (Lipinski definition) is 4. The minimum absolute atomic E-state index is 0.116. The molecule has 0 unspecified atom stereocenters. The van der Waals surface area contributed by atoms with Crippen molar-refractivity contribution >= 4 is 38.6 Å². The number of sulfonamides is 1. The lowest BCUT2D eigenvalue weighted by molar-refractivity contribution is -0.137. The van der Waals surface area contributed by atoms with Gasteiger partial charge in [0.05, 0.1) is 11.3 Å². The molecule has 0 bridgehead atoms. The lowest BCUT2D eigenvalue weighted by atomic mass is 10.0. The summed E-state index contributed by atoms with van der Waals surface area (Å²) in [6, 6.07) is 12.2. The standard InChI is InChI=1S/C21H17F3N2O3S2/c22-21(23,24)16-6-1-4-15(12-16)20(27)25-17-8-9-18-14(13-17)5-2-10-26(18)31(28,29)19-7-3-11-30-19/h1,3-4,6-9,11-13H,2,5,10H2,(H,25,27). The van der Waals surface area contributed by atoms with Crippen LogP contribution in [0.1, 0.15) is 27.9 Å².